The number of halogens is 2. The fraction of sp³-hybridized carbons (Fsp3) is 0.357. The number of aliphatic hydroxyl groups is 1. The van der Waals surface area contributed by atoms with Gasteiger partial charge in [-0.05, 0) is 44.5 Å². The first-order chi connectivity index (χ1) is 8.90. The molecule has 1 N–H and O–H groups in total. The van der Waals surface area contributed by atoms with E-state index in [0.29, 0.717) is 0 Å². The van der Waals surface area contributed by atoms with Crippen LogP contribution in [0, 0.1) is 32.4 Å². The molecule has 1 aromatic heterocycles. The van der Waals surface area contributed by atoms with Crippen LogP contribution in [0.25, 0.3) is 0 Å². The Labute approximate surface area is 110 Å². The molecule has 102 valence electrons. The van der Waals surface area contributed by atoms with Gasteiger partial charge in [0.25, 0.3) is 0 Å². The van der Waals surface area contributed by atoms with Gasteiger partial charge in [0.2, 0.25) is 0 Å². The largest absolute Gasteiger partial charge is 0.386 e. The Morgan fingerprint density at radius 2 is 1.95 bits per heavy atom. The van der Waals surface area contributed by atoms with Crippen molar-refractivity contribution in [2.24, 2.45) is 0 Å². The number of hydrogen-bond acceptors (Lipinski definition) is 2. The van der Waals surface area contributed by atoms with Crippen LogP contribution in [0.1, 0.15) is 28.6 Å². The van der Waals surface area contributed by atoms with Crippen LogP contribution in [-0.4, -0.2) is 14.9 Å². The van der Waals surface area contributed by atoms with Crippen LogP contribution in [0.2, 0.25) is 0 Å². The standard InChI is InChI=1S/C14H16F2N2O/c1-8-9(2)17-18(10(8)3)7-14(19)12-6-11(15)4-5-13(12)16/h4-6,14,19H,7H2,1-3H3/t14-/m1/s1. The molecule has 1 heterocycles. The third kappa shape index (κ3) is 2.66. The predicted molar refractivity (Wildman–Crippen MR) is 67.8 cm³/mol. The van der Waals surface area contributed by atoms with Gasteiger partial charge in [0.1, 0.15) is 17.7 Å². The minimum absolute atomic E-state index is 0.0507. The molecule has 0 spiro atoms. The smallest absolute Gasteiger partial charge is 0.129 e. The summed E-state index contributed by atoms with van der Waals surface area (Å²) in [6.45, 7) is 5.78. The molecule has 0 aliphatic carbocycles. The number of hydrogen-bond donors (Lipinski definition) is 1. The maximum absolute atomic E-state index is 13.6. The lowest BCUT2D eigenvalue weighted by Gasteiger charge is -2.13. The molecule has 2 aromatic rings. The van der Waals surface area contributed by atoms with Crippen LogP contribution in [0.5, 0.6) is 0 Å². The number of aryl methyl sites for hydroxylation is 1. The normalized spacial score (nSPS) is 12.7. The molecule has 0 aliphatic heterocycles. The molecule has 5 heteroatoms. The first-order valence-corrected chi connectivity index (χ1v) is 6.03. The maximum atomic E-state index is 13.6. The molecule has 3 nitrogen and oxygen atoms in total. The van der Waals surface area contributed by atoms with E-state index in [1.165, 1.54) is 0 Å². The van der Waals surface area contributed by atoms with Gasteiger partial charge in [0, 0.05) is 11.3 Å². The number of aliphatic hydroxyl groups excluding tert-OH is 1. The van der Waals surface area contributed by atoms with Gasteiger partial charge in [-0.3, -0.25) is 4.68 Å². The SMILES string of the molecule is Cc1nn(C[C@@H](O)c2cc(F)ccc2F)c(C)c1C. The van der Waals surface area contributed by atoms with Crippen molar-refractivity contribution in [3.05, 3.63) is 52.3 Å². The summed E-state index contributed by atoms with van der Waals surface area (Å²) in [5, 5.41) is 14.3. The number of rotatable bonds is 3. The Morgan fingerprint density at radius 1 is 1.26 bits per heavy atom. The molecule has 19 heavy (non-hydrogen) atoms. The molecule has 0 fully saturated rings. The zero-order chi connectivity index (χ0) is 14.2. The first-order valence-electron chi connectivity index (χ1n) is 6.03. The Hall–Kier alpha value is -1.75. The lowest BCUT2D eigenvalue weighted by molar-refractivity contribution is 0.145. The second-order valence-electron chi connectivity index (χ2n) is 4.66. The predicted octanol–water partition coefficient (Wildman–Crippen LogP) is 2.82. The lowest BCUT2D eigenvalue weighted by Crippen LogP contribution is -2.13. The van der Waals surface area contributed by atoms with E-state index >= 15 is 0 Å². The zero-order valence-corrected chi connectivity index (χ0v) is 11.1. The third-order valence-electron chi connectivity index (χ3n) is 3.41. The average Bonchev–Trinajstić information content (AvgIpc) is 2.60. The second-order valence-corrected chi connectivity index (χ2v) is 4.66. The van der Waals surface area contributed by atoms with E-state index in [9.17, 15) is 13.9 Å². The number of nitrogens with zero attached hydrogens (tertiary/aromatic N) is 2. The fourth-order valence-electron chi connectivity index (χ4n) is 2.00. The van der Waals surface area contributed by atoms with Crippen LogP contribution >= 0.6 is 0 Å². The zero-order valence-electron chi connectivity index (χ0n) is 11.1. The Kier molecular flexibility index (Phi) is 3.66. The summed E-state index contributed by atoms with van der Waals surface area (Å²) < 4.78 is 28.3. The summed E-state index contributed by atoms with van der Waals surface area (Å²) in [5.41, 5.74) is 2.76. The van der Waals surface area contributed by atoms with Crippen LogP contribution < -0.4 is 0 Å². The van der Waals surface area contributed by atoms with Gasteiger partial charge in [-0.25, -0.2) is 8.78 Å². The van der Waals surface area contributed by atoms with Gasteiger partial charge in [0.15, 0.2) is 0 Å². The van der Waals surface area contributed by atoms with Crippen LogP contribution in [0.4, 0.5) is 8.78 Å². The maximum Gasteiger partial charge on any atom is 0.129 e. The fourth-order valence-corrected chi connectivity index (χ4v) is 2.00. The van der Waals surface area contributed by atoms with Gasteiger partial charge >= 0.3 is 0 Å². The number of aromatic nitrogens is 2. The summed E-state index contributed by atoms with van der Waals surface area (Å²) >= 11 is 0. The summed E-state index contributed by atoms with van der Waals surface area (Å²) in [4.78, 5) is 0. The van der Waals surface area contributed by atoms with E-state index < -0.39 is 17.7 Å². The van der Waals surface area contributed by atoms with Crippen molar-refractivity contribution in [3.8, 4) is 0 Å². The minimum atomic E-state index is -1.13. The third-order valence-corrected chi connectivity index (χ3v) is 3.41. The number of benzene rings is 1. The molecule has 0 saturated heterocycles. The minimum Gasteiger partial charge on any atom is -0.386 e. The van der Waals surface area contributed by atoms with E-state index in [4.69, 9.17) is 0 Å². The van der Waals surface area contributed by atoms with E-state index in [0.717, 1.165) is 35.2 Å². The molecule has 0 unspecified atom stereocenters. The van der Waals surface area contributed by atoms with Crippen molar-refractivity contribution in [3.63, 3.8) is 0 Å². The van der Waals surface area contributed by atoms with Gasteiger partial charge in [0.05, 0.1) is 12.2 Å². The highest BCUT2D eigenvalue weighted by molar-refractivity contribution is 5.24. The molecule has 0 amide bonds. The van der Waals surface area contributed by atoms with Crippen LogP contribution in [0.15, 0.2) is 18.2 Å². The molecular weight excluding hydrogens is 250 g/mol. The van der Waals surface area contributed by atoms with E-state index in [2.05, 4.69) is 5.10 Å². The van der Waals surface area contributed by atoms with Crippen LogP contribution in [0.3, 0.4) is 0 Å². The van der Waals surface area contributed by atoms with Crippen molar-refractivity contribution >= 4 is 0 Å². The highest BCUT2D eigenvalue weighted by Gasteiger charge is 2.17. The van der Waals surface area contributed by atoms with Gasteiger partial charge in [-0.15, -0.1) is 0 Å². The van der Waals surface area contributed by atoms with Gasteiger partial charge < -0.3 is 5.11 Å². The molecule has 2 rings (SSSR count). The Bertz CT molecular complexity index is 608. The summed E-state index contributed by atoms with van der Waals surface area (Å²) in [7, 11) is 0. The van der Waals surface area contributed by atoms with E-state index in [1.54, 1.807) is 4.68 Å². The molecule has 0 bridgehead atoms. The topological polar surface area (TPSA) is 38.0 Å². The van der Waals surface area contributed by atoms with Gasteiger partial charge in [-0.2, -0.15) is 5.10 Å². The van der Waals surface area contributed by atoms with Crippen molar-refractivity contribution in [2.75, 3.05) is 0 Å². The molecule has 0 saturated carbocycles. The van der Waals surface area contributed by atoms with Crippen molar-refractivity contribution in [2.45, 2.75) is 33.4 Å². The molecular formula is C14H16F2N2O. The van der Waals surface area contributed by atoms with Gasteiger partial charge in [-0.1, -0.05) is 0 Å². The van der Waals surface area contributed by atoms with E-state index in [-0.39, 0.29) is 12.1 Å². The first kappa shape index (κ1) is 13.7. The molecule has 1 aromatic carbocycles. The molecule has 0 radical (unpaired) electrons. The quantitative estimate of drug-likeness (QED) is 0.927. The summed E-state index contributed by atoms with van der Waals surface area (Å²) in [6.07, 6.45) is -1.13. The summed E-state index contributed by atoms with van der Waals surface area (Å²) in [6, 6.07) is 3.05. The van der Waals surface area contributed by atoms with Crippen molar-refractivity contribution in [1.29, 1.82) is 0 Å². The van der Waals surface area contributed by atoms with Crippen LogP contribution in [-0.2, 0) is 6.54 Å². The Balaban J connectivity index is 2.27. The second kappa shape index (κ2) is 5.09. The lowest BCUT2D eigenvalue weighted by atomic mass is 10.1. The Morgan fingerprint density at radius 3 is 2.53 bits per heavy atom. The van der Waals surface area contributed by atoms with Crippen molar-refractivity contribution in [1.82, 2.24) is 9.78 Å². The highest BCUT2D eigenvalue weighted by Crippen LogP contribution is 2.21. The summed E-state index contributed by atoms with van der Waals surface area (Å²) in [5.74, 6) is -1.19. The van der Waals surface area contributed by atoms with E-state index in [1.807, 2.05) is 20.8 Å². The monoisotopic (exact) mass is 266 g/mol. The molecule has 1 atom stereocenters. The average molecular weight is 266 g/mol. The highest BCUT2D eigenvalue weighted by atomic mass is 19.1. The molecule has 0 aliphatic rings. The van der Waals surface area contributed by atoms with Crippen molar-refractivity contribution < 1.29 is 13.9 Å².